The second-order valence-electron chi connectivity index (χ2n) is 8.07. The van der Waals surface area contributed by atoms with Gasteiger partial charge in [0.05, 0.1) is 25.4 Å². The lowest BCUT2D eigenvalue weighted by Gasteiger charge is -2.46. The van der Waals surface area contributed by atoms with E-state index >= 15 is 0 Å². The zero-order valence-electron chi connectivity index (χ0n) is 15.8. The molecule has 2 aliphatic carbocycles. The maximum Gasteiger partial charge on any atom is 0.0704 e. The third kappa shape index (κ3) is 5.44. The summed E-state index contributed by atoms with van der Waals surface area (Å²) in [4.78, 5) is 0. The van der Waals surface area contributed by atoms with E-state index in [0.717, 1.165) is 31.7 Å². The van der Waals surface area contributed by atoms with Gasteiger partial charge in [-0.2, -0.15) is 0 Å². The van der Waals surface area contributed by atoms with Crippen LogP contribution in [0.4, 0.5) is 0 Å². The quantitative estimate of drug-likeness (QED) is 0.598. The fraction of sp³-hybridized carbons (Fsp3) is 1.00. The van der Waals surface area contributed by atoms with Gasteiger partial charge < -0.3 is 14.2 Å². The van der Waals surface area contributed by atoms with Crippen LogP contribution < -0.4 is 0 Å². The predicted octanol–water partition coefficient (Wildman–Crippen LogP) is 4.83. The molecule has 2 saturated carbocycles. The molecule has 0 aromatic carbocycles. The fourth-order valence-corrected chi connectivity index (χ4v) is 4.77. The van der Waals surface area contributed by atoms with Crippen LogP contribution in [-0.2, 0) is 14.2 Å². The third-order valence-corrected chi connectivity index (χ3v) is 6.57. The van der Waals surface area contributed by atoms with E-state index in [4.69, 9.17) is 14.2 Å². The Morgan fingerprint density at radius 1 is 0.783 bits per heavy atom. The molecule has 0 N–H and O–H groups in total. The topological polar surface area (TPSA) is 27.7 Å². The van der Waals surface area contributed by atoms with Crippen molar-refractivity contribution in [2.45, 2.75) is 84.3 Å². The average Bonchev–Trinajstić information content (AvgIpc) is 2.59. The predicted molar refractivity (Wildman–Crippen MR) is 94.7 cm³/mol. The van der Waals surface area contributed by atoms with Crippen LogP contribution >= 0.6 is 0 Å². The van der Waals surface area contributed by atoms with Crippen molar-refractivity contribution in [1.29, 1.82) is 0 Å². The molecule has 0 aliphatic heterocycles. The smallest absolute Gasteiger partial charge is 0.0704 e. The van der Waals surface area contributed by atoms with Crippen LogP contribution in [0.2, 0.25) is 0 Å². The van der Waals surface area contributed by atoms with E-state index in [9.17, 15) is 0 Å². The molecular formula is C20H38O3. The molecule has 3 heteroatoms. The highest BCUT2D eigenvalue weighted by Gasteiger charge is 2.40. The van der Waals surface area contributed by atoms with Crippen molar-refractivity contribution in [3.8, 4) is 0 Å². The van der Waals surface area contributed by atoms with Crippen LogP contribution in [0, 0.1) is 17.3 Å². The lowest BCUT2D eigenvalue weighted by atomic mass is 9.60. The highest BCUT2D eigenvalue weighted by Crippen LogP contribution is 2.48. The average molecular weight is 327 g/mol. The van der Waals surface area contributed by atoms with E-state index in [1.807, 2.05) is 14.0 Å². The summed E-state index contributed by atoms with van der Waals surface area (Å²) in [5, 5.41) is 0. The number of ether oxygens (including phenoxy) is 3. The largest absolute Gasteiger partial charge is 0.381 e. The molecule has 0 radical (unpaired) electrons. The molecule has 2 fully saturated rings. The molecule has 23 heavy (non-hydrogen) atoms. The summed E-state index contributed by atoms with van der Waals surface area (Å²) in [7, 11) is 1.86. The van der Waals surface area contributed by atoms with Crippen molar-refractivity contribution in [2.75, 3.05) is 26.9 Å². The van der Waals surface area contributed by atoms with Crippen molar-refractivity contribution >= 4 is 0 Å². The Balaban J connectivity index is 1.73. The molecule has 0 spiro atoms. The zero-order chi connectivity index (χ0) is 16.7. The Morgan fingerprint density at radius 3 is 1.78 bits per heavy atom. The Hall–Kier alpha value is -0.120. The SMILES string of the molecule is CCOCCOC1CCC(C(C)(C)C2CCC(OC)CC2)CC1. The van der Waals surface area contributed by atoms with E-state index in [1.165, 1.54) is 51.4 Å². The normalized spacial score (nSPS) is 32.9. The van der Waals surface area contributed by atoms with Gasteiger partial charge in [-0.3, -0.25) is 0 Å². The van der Waals surface area contributed by atoms with Gasteiger partial charge in [-0.1, -0.05) is 13.8 Å². The molecule has 3 nitrogen and oxygen atoms in total. The first-order valence-corrected chi connectivity index (χ1v) is 9.80. The summed E-state index contributed by atoms with van der Waals surface area (Å²) in [5.41, 5.74) is 0.467. The lowest BCUT2D eigenvalue weighted by molar-refractivity contribution is -0.0405. The van der Waals surface area contributed by atoms with Gasteiger partial charge in [0, 0.05) is 13.7 Å². The van der Waals surface area contributed by atoms with E-state index in [1.54, 1.807) is 0 Å². The van der Waals surface area contributed by atoms with Crippen molar-refractivity contribution in [3.05, 3.63) is 0 Å². The molecule has 2 aliphatic rings. The van der Waals surface area contributed by atoms with E-state index in [2.05, 4.69) is 13.8 Å². The van der Waals surface area contributed by atoms with Gasteiger partial charge in [-0.25, -0.2) is 0 Å². The molecule has 0 heterocycles. The molecule has 0 saturated heterocycles. The molecule has 0 amide bonds. The summed E-state index contributed by atoms with van der Waals surface area (Å²) in [5.74, 6) is 1.73. The maximum atomic E-state index is 5.98. The van der Waals surface area contributed by atoms with Gasteiger partial charge >= 0.3 is 0 Å². The Morgan fingerprint density at radius 2 is 1.30 bits per heavy atom. The minimum Gasteiger partial charge on any atom is -0.381 e. The Kier molecular flexibility index (Phi) is 7.84. The summed E-state index contributed by atoms with van der Waals surface area (Å²) in [6.45, 7) is 9.36. The first-order chi connectivity index (χ1) is 11.1. The van der Waals surface area contributed by atoms with E-state index < -0.39 is 0 Å². The van der Waals surface area contributed by atoms with Crippen LogP contribution in [-0.4, -0.2) is 39.1 Å². The van der Waals surface area contributed by atoms with Crippen LogP contribution in [0.3, 0.4) is 0 Å². The highest BCUT2D eigenvalue weighted by molar-refractivity contribution is 4.90. The van der Waals surface area contributed by atoms with Crippen molar-refractivity contribution in [2.24, 2.45) is 17.3 Å². The second-order valence-corrected chi connectivity index (χ2v) is 8.07. The van der Waals surface area contributed by atoms with Crippen LogP contribution in [0.5, 0.6) is 0 Å². The molecule has 0 bridgehead atoms. The number of hydrogen-bond acceptors (Lipinski definition) is 3. The number of rotatable bonds is 8. The Labute approximate surface area is 143 Å². The van der Waals surface area contributed by atoms with Crippen molar-refractivity contribution < 1.29 is 14.2 Å². The minimum absolute atomic E-state index is 0.465. The lowest BCUT2D eigenvalue weighted by Crippen LogP contribution is -2.39. The molecule has 0 aromatic heterocycles. The van der Waals surface area contributed by atoms with Gasteiger partial charge in [0.25, 0.3) is 0 Å². The molecule has 2 rings (SSSR count). The van der Waals surface area contributed by atoms with Crippen LogP contribution in [0.1, 0.15) is 72.1 Å². The summed E-state index contributed by atoms with van der Waals surface area (Å²) < 4.78 is 16.9. The zero-order valence-corrected chi connectivity index (χ0v) is 15.8. The number of hydrogen-bond donors (Lipinski definition) is 0. The van der Waals surface area contributed by atoms with Gasteiger partial charge in [-0.15, -0.1) is 0 Å². The molecular weight excluding hydrogens is 288 g/mol. The first-order valence-electron chi connectivity index (χ1n) is 9.80. The van der Waals surface area contributed by atoms with E-state index in [0.29, 0.717) is 17.6 Å². The van der Waals surface area contributed by atoms with E-state index in [-0.39, 0.29) is 0 Å². The van der Waals surface area contributed by atoms with Crippen molar-refractivity contribution in [1.82, 2.24) is 0 Å². The van der Waals surface area contributed by atoms with Gasteiger partial charge in [0.2, 0.25) is 0 Å². The van der Waals surface area contributed by atoms with Crippen LogP contribution in [0.15, 0.2) is 0 Å². The molecule has 0 aromatic rings. The maximum absolute atomic E-state index is 5.98. The van der Waals surface area contributed by atoms with Gasteiger partial charge in [-0.05, 0) is 75.5 Å². The number of methoxy groups -OCH3 is 1. The molecule has 0 unspecified atom stereocenters. The third-order valence-electron chi connectivity index (χ3n) is 6.57. The first kappa shape index (κ1) is 19.2. The highest BCUT2D eigenvalue weighted by atomic mass is 16.5. The second kappa shape index (κ2) is 9.39. The monoisotopic (exact) mass is 326 g/mol. The molecule has 0 atom stereocenters. The summed E-state index contributed by atoms with van der Waals surface area (Å²) in [6, 6.07) is 0. The van der Waals surface area contributed by atoms with Crippen LogP contribution in [0.25, 0.3) is 0 Å². The molecule has 136 valence electrons. The Bertz CT molecular complexity index is 313. The summed E-state index contributed by atoms with van der Waals surface area (Å²) in [6.07, 6.45) is 11.3. The fourth-order valence-electron chi connectivity index (χ4n) is 4.77. The summed E-state index contributed by atoms with van der Waals surface area (Å²) >= 11 is 0. The van der Waals surface area contributed by atoms with Crippen molar-refractivity contribution in [3.63, 3.8) is 0 Å². The van der Waals surface area contributed by atoms with Gasteiger partial charge in [0.15, 0.2) is 0 Å². The van der Waals surface area contributed by atoms with Gasteiger partial charge in [0.1, 0.15) is 0 Å². The standard InChI is InChI=1S/C20H38O3/c1-5-22-14-15-23-19-12-8-17(9-13-19)20(2,3)16-6-10-18(21-4)11-7-16/h16-19H,5-15H2,1-4H3. The minimum atomic E-state index is 0.465.